The quantitative estimate of drug-likeness (QED) is 0.642. The van der Waals surface area contributed by atoms with Gasteiger partial charge >= 0.3 is 5.69 Å². The Hall–Kier alpha value is -2.90. The highest BCUT2D eigenvalue weighted by atomic mass is 16.5. The first-order chi connectivity index (χ1) is 9.99. The molecule has 1 aromatic carbocycles. The predicted octanol–water partition coefficient (Wildman–Crippen LogP) is -0.0875. The summed E-state index contributed by atoms with van der Waals surface area (Å²) in [6, 6.07) is 3.46. The molecule has 0 aliphatic heterocycles. The molecule has 2 heterocycles. The number of nitrogens with zero attached hydrogens (tertiary/aromatic N) is 2. The van der Waals surface area contributed by atoms with Gasteiger partial charge in [-0.15, -0.1) is 0 Å². The second-order valence-electron chi connectivity index (χ2n) is 4.61. The number of aromatic amines is 1. The van der Waals surface area contributed by atoms with Crippen LogP contribution in [0.25, 0.3) is 21.9 Å². The topological polar surface area (TPSA) is 104 Å². The first kappa shape index (κ1) is 13.1. The van der Waals surface area contributed by atoms with Crippen LogP contribution in [0.15, 0.2) is 21.7 Å². The summed E-state index contributed by atoms with van der Waals surface area (Å²) in [5.41, 5.74) is 0.217. The van der Waals surface area contributed by atoms with E-state index in [0.29, 0.717) is 32.6 Å². The van der Waals surface area contributed by atoms with Crippen LogP contribution in [0.5, 0.6) is 11.5 Å². The number of nitrogens with two attached hydrogens (primary N) is 1. The van der Waals surface area contributed by atoms with Crippen LogP contribution in [0.2, 0.25) is 0 Å². The average Bonchev–Trinajstić information content (AvgIpc) is 2.75. The van der Waals surface area contributed by atoms with E-state index in [4.69, 9.17) is 15.3 Å². The van der Waals surface area contributed by atoms with Crippen molar-refractivity contribution >= 4 is 21.9 Å². The number of benzene rings is 1. The average molecular weight is 290 g/mol. The summed E-state index contributed by atoms with van der Waals surface area (Å²) >= 11 is 0. The lowest BCUT2D eigenvalue weighted by atomic mass is 10.2. The highest BCUT2D eigenvalue weighted by Gasteiger charge is 2.17. The molecule has 0 fully saturated rings. The minimum absolute atomic E-state index is 0.308. The maximum atomic E-state index is 12.2. The number of nitrogens with one attached hydrogen (secondary N) is 1. The Morgan fingerprint density at radius 1 is 1.14 bits per heavy atom. The van der Waals surface area contributed by atoms with Gasteiger partial charge < -0.3 is 24.9 Å². The second-order valence-corrected chi connectivity index (χ2v) is 4.61. The van der Waals surface area contributed by atoms with Gasteiger partial charge in [-0.25, -0.2) is 4.79 Å². The molecular weight excluding hydrogens is 276 g/mol. The number of fused-ring (bicyclic) bond motifs is 3. The Balaban J connectivity index is 2.61. The van der Waals surface area contributed by atoms with Crippen molar-refractivity contribution in [3.8, 4) is 11.5 Å². The van der Waals surface area contributed by atoms with Crippen LogP contribution in [0.1, 0.15) is 0 Å². The van der Waals surface area contributed by atoms with Crippen molar-refractivity contribution in [2.75, 3.05) is 20.1 Å². The SMILES string of the molecule is COc1cc2c3[nH]c(=O)n(N)c(=O)c3n(C)c2cc1OC. The van der Waals surface area contributed by atoms with E-state index in [2.05, 4.69) is 4.98 Å². The van der Waals surface area contributed by atoms with Gasteiger partial charge in [0.1, 0.15) is 5.52 Å². The minimum Gasteiger partial charge on any atom is -0.493 e. The molecule has 0 aliphatic carbocycles. The summed E-state index contributed by atoms with van der Waals surface area (Å²) < 4.78 is 12.7. The summed E-state index contributed by atoms with van der Waals surface area (Å²) in [5, 5.41) is 0.681. The molecule has 3 N–H and O–H groups in total. The lowest BCUT2D eigenvalue weighted by molar-refractivity contribution is 0.356. The van der Waals surface area contributed by atoms with Gasteiger partial charge in [-0.3, -0.25) is 4.79 Å². The molecule has 21 heavy (non-hydrogen) atoms. The lowest BCUT2D eigenvalue weighted by Gasteiger charge is -2.07. The fourth-order valence-corrected chi connectivity index (χ4v) is 2.51. The Morgan fingerprint density at radius 2 is 1.76 bits per heavy atom. The number of hydrogen-bond acceptors (Lipinski definition) is 5. The zero-order chi connectivity index (χ0) is 15.3. The molecule has 0 spiro atoms. The molecule has 2 aromatic heterocycles. The largest absolute Gasteiger partial charge is 0.493 e. The summed E-state index contributed by atoms with van der Waals surface area (Å²) in [6.07, 6.45) is 0. The standard InChI is InChI=1S/C13H14N4O4/c1-16-7-5-9(21-3)8(20-2)4-6(7)10-11(16)12(18)17(14)13(19)15-10/h4-5H,14H2,1-3H3,(H,15,19). The third kappa shape index (κ3) is 1.62. The number of aryl methyl sites for hydroxylation is 1. The van der Waals surface area contributed by atoms with E-state index in [1.165, 1.54) is 14.2 Å². The van der Waals surface area contributed by atoms with Gasteiger partial charge in [0.2, 0.25) is 0 Å². The lowest BCUT2D eigenvalue weighted by Crippen LogP contribution is -2.40. The van der Waals surface area contributed by atoms with E-state index in [0.717, 1.165) is 5.52 Å². The van der Waals surface area contributed by atoms with Crippen molar-refractivity contribution < 1.29 is 9.47 Å². The van der Waals surface area contributed by atoms with Crippen LogP contribution in [0.3, 0.4) is 0 Å². The molecule has 3 aromatic rings. The smallest absolute Gasteiger partial charge is 0.347 e. The van der Waals surface area contributed by atoms with Gasteiger partial charge in [-0.05, 0) is 6.07 Å². The maximum absolute atomic E-state index is 12.2. The van der Waals surface area contributed by atoms with Gasteiger partial charge in [0, 0.05) is 18.5 Å². The molecule has 0 radical (unpaired) electrons. The molecule has 0 saturated carbocycles. The number of ether oxygens (including phenoxy) is 2. The van der Waals surface area contributed by atoms with Crippen molar-refractivity contribution in [2.24, 2.45) is 7.05 Å². The Morgan fingerprint density at radius 3 is 2.38 bits per heavy atom. The third-order valence-electron chi connectivity index (χ3n) is 3.58. The van der Waals surface area contributed by atoms with E-state index in [1.807, 2.05) is 0 Å². The fourth-order valence-electron chi connectivity index (χ4n) is 2.51. The molecule has 0 bridgehead atoms. The van der Waals surface area contributed by atoms with E-state index in [9.17, 15) is 9.59 Å². The molecule has 0 saturated heterocycles. The first-order valence-electron chi connectivity index (χ1n) is 6.14. The van der Waals surface area contributed by atoms with Crippen molar-refractivity contribution in [1.82, 2.24) is 14.2 Å². The molecule has 110 valence electrons. The number of H-pyrrole nitrogens is 1. The van der Waals surface area contributed by atoms with Crippen molar-refractivity contribution in [2.45, 2.75) is 0 Å². The van der Waals surface area contributed by atoms with Crippen molar-refractivity contribution in [1.29, 1.82) is 0 Å². The van der Waals surface area contributed by atoms with Crippen LogP contribution in [-0.2, 0) is 7.05 Å². The molecule has 8 nitrogen and oxygen atoms in total. The maximum Gasteiger partial charge on any atom is 0.347 e. The van der Waals surface area contributed by atoms with Crippen LogP contribution >= 0.6 is 0 Å². The van der Waals surface area contributed by atoms with Gasteiger partial charge in [-0.2, -0.15) is 4.68 Å². The number of methoxy groups -OCH3 is 2. The normalized spacial score (nSPS) is 11.2. The Labute approximate surface area is 118 Å². The monoisotopic (exact) mass is 290 g/mol. The van der Waals surface area contributed by atoms with Crippen LogP contribution in [-0.4, -0.2) is 28.4 Å². The summed E-state index contributed by atoms with van der Waals surface area (Å²) in [6.45, 7) is 0. The molecule has 0 amide bonds. The van der Waals surface area contributed by atoms with Gasteiger partial charge in [0.15, 0.2) is 11.5 Å². The number of rotatable bonds is 2. The van der Waals surface area contributed by atoms with E-state index >= 15 is 0 Å². The van der Waals surface area contributed by atoms with Gasteiger partial charge in [0.05, 0.1) is 25.3 Å². The number of aromatic nitrogens is 3. The van der Waals surface area contributed by atoms with Crippen LogP contribution < -0.4 is 26.6 Å². The minimum atomic E-state index is -0.671. The highest BCUT2D eigenvalue weighted by molar-refractivity contribution is 6.06. The molecule has 0 atom stereocenters. The van der Waals surface area contributed by atoms with Crippen molar-refractivity contribution in [3.63, 3.8) is 0 Å². The Kier molecular flexibility index (Phi) is 2.68. The van der Waals surface area contributed by atoms with E-state index < -0.39 is 11.2 Å². The van der Waals surface area contributed by atoms with Crippen molar-refractivity contribution in [3.05, 3.63) is 33.0 Å². The summed E-state index contributed by atoms with van der Waals surface area (Å²) in [4.78, 5) is 26.5. The zero-order valence-electron chi connectivity index (χ0n) is 11.8. The second kappa shape index (κ2) is 4.30. The van der Waals surface area contributed by atoms with Crippen LogP contribution in [0.4, 0.5) is 0 Å². The molecule has 0 unspecified atom stereocenters. The number of nitrogen functional groups attached to an aromatic ring is 1. The molecule has 8 heteroatoms. The fraction of sp³-hybridized carbons (Fsp3) is 0.231. The summed E-state index contributed by atoms with van der Waals surface area (Å²) in [5.74, 6) is 6.49. The predicted molar refractivity (Wildman–Crippen MR) is 78.6 cm³/mol. The van der Waals surface area contributed by atoms with Gasteiger partial charge in [0.25, 0.3) is 5.56 Å². The van der Waals surface area contributed by atoms with E-state index in [-0.39, 0.29) is 0 Å². The third-order valence-corrected chi connectivity index (χ3v) is 3.58. The highest BCUT2D eigenvalue weighted by Crippen LogP contribution is 2.35. The molecule has 0 aliphatic rings. The van der Waals surface area contributed by atoms with Gasteiger partial charge in [-0.1, -0.05) is 0 Å². The first-order valence-corrected chi connectivity index (χ1v) is 6.14. The van der Waals surface area contributed by atoms with Crippen LogP contribution in [0, 0.1) is 0 Å². The van der Waals surface area contributed by atoms with E-state index in [1.54, 1.807) is 23.7 Å². The Bertz CT molecular complexity index is 980. The number of hydrogen-bond donors (Lipinski definition) is 2. The zero-order valence-corrected chi connectivity index (χ0v) is 11.8. The molecule has 3 rings (SSSR count). The summed E-state index contributed by atoms with van der Waals surface area (Å²) in [7, 11) is 4.77. The molecular formula is C13H14N4O4.